The molecule has 118 valence electrons. The second-order valence-electron chi connectivity index (χ2n) is 5.74. The average molecular weight is 317 g/mol. The highest BCUT2D eigenvalue weighted by Crippen LogP contribution is 2.28. The van der Waals surface area contributed by atoms with E-state index in [1.54, 1.807) is 11.8 Å². The molecule has 2 aromatic rings. The molecule has 0 aliphatic rings. The molecule has 0 bridgehead atoms. The van der Waals surface area contributed by atoms with Gasteiger partial charge >= 0.3 is 0 Å². The molecule has 4 N–H and O–H groups in total. The number of hydrogen-bond donors (Lipinski definition) is 3. The van der Waals surface area contributed by atoms with Gasteiger partial charge in [-0.1, -0.05) is 41.6 Å². The lowest BCUT2D eigenvalue weighted by Crippen LogP contribution is -2.47. The second kappa shape index (κ2) is 7.79. The van der Waals surface area contributed by atoms with Crippen LogP contribution in [0.4, 0.5) is 0 Å². The summed E-state index contributed by atoms with van der Waals surface area (Å²) in [7, 11) is 0. The number of aliphatic hydroxyl groups excluding tert-OH is 2. The van der Waals surface area contributed by atoms with Crippen molar-refractivity contribution in [1.82, 2.24) is 0 Å². The minimum Gasteiger partial charge on any atom is -0.394 e. The molecule has 0 fully saturated rings. The van der Waals surface area contributed by atoms with Crippen molar-refractivity contribution in [2.75, 3.05) is 13.2 Å². The van der Waals surface area contributed by atoms with Crippen molar-refractivity contribution in [3.63, 3.8) is 0 Å². The largest absolute Gasteiger partial charge is 0.394 e. The van der Waals surface area contributed by atoms with Crippen molar-refractivity contribution >= 4 is 11.8 Å². The monoisotopic (exact) mass is 317 g/mol. The Morgan fingerprint density at radius 3 is 1.91 bits per heavy atom. The van der Waals surface area contributed by atoms with E-state index in [-0.39, 0.29) is 13.2 Å². The lowest BCUT2D eigenvalue weighted by molar-refractivity contribution is 0.115. The summed E-state index contributed by atoms with van der Waals surface area (Å²) in [6, 6.07) is 16.8. The van der Waals surface area contributed by atoms with Crippen molar-refractivity contribution in [2.24, 2.45) is 5.73 Å². The van der Waals surface area contributed by atoms with E-state index >= 15 is 0 Å². The van der Waals surface area contributed by atoms with E-state index in [1.165, 1.54) is 15.4 Å². The summed E-state index contributed by atoms with van der Waals surface area (Å²) in [5, 5.41) is 18.4. The van der Waals surface area contributed by atoms with Crippen molar-refractivity contribution in [1.29, 1.82) is 0 Å². The lowest BCUT2D eigenvalue weighted by atomic mass is 9.94. The van der Waals surface area contributed by atoms with Crippen LogP contribution in [0.25, 0.3) is 0 Å². The maximum atomic E-state index is 9.20. The summed E-state index contributed by atoms with van der Waals surface area (Å²) >= 11 is 1.73. The Morgan fingerprint density at radius 2 is 1.41 bits per heavy atom. The third-order valence-electron chi connectivity index (χ3n) is 3.72. The van der Waals surface area contributed by atoms with Crippen molar-refractivity contribution < 1.29 is 10.2 Å². The molecule has 0 heterocycles. The van der Waals surface area contributed by atoms with Crippen LogP contribution in [-0.4, -0.2) is 29.0 Å². The number of aryl methyl sites for hydroxylation is 2. The molecule has 22 heavy (non-hydrogen) atoms. The second-order valence-corrected chi connectivity index (χ2v) is 6.88. The zero-order valence-electron chi connectivity index (χ0n) is 12.8. The van der Waals surface area contributed by atoms with Crippen LogP contribution >= 0.6 is 11.8 Å². The molecule has 0 spiro atoms. The van der Waals surface area contributed by atoms with E-state index < -0.39 is 5.54 Å². The van der Waals surface area contributed by atoms with Crippen LogP contribution in [0.1, 0.15) is 17.5 Å². The zero-order valence-corrected chi connectivity index (χ0v) is 13.6. The Kier molecular flexibility index (Phi) is 6.03. The van der Waals surface area contributed by atoms with Gasteiger partial charge < -0.3 is 15.9 Å². The molecule has 0 atom stereocenters. The van der Waals surface area contributed by atoms with E-state index in [0.717, 1.165) is 12.0 Å². The molecule has 0 radical (unpaired) electrons. The summed E-state index contributed by atoms with van der Waals surface area (Å²) < 4.78 is 0. The fourth-order valence-electron chi connectivity index (χ4n) is 2.07. The molecule has 3 nitrogen and oxygen atoms in total. The van der Waals surface area contributed by atoms with Crippen LogP contribution in [0.5, 0.6) is 0 Å². The Labute approximate surface area is 136 Å². The molecule has 4 heteroatoms. The Hall–Kier alpha value is -1.33. The summed E-state index contributed by atoms with van der Waals surface area (Å²) in [4.78, 5) is 2.41. The van der Waals surface area contributed by atoms with Crippen LogP contribution in [0, 0.1) is 6.92 Å². The van der Waals surface area contributed by atoms with E-state index in [0.29, 0.717) is 6.42 Å². The third-order valence-corrected chi connectivity index (χ3v) is 4.74. The fourth-order valence-corrected chi connectivity index (χ4v) is 2.88. The minimum absolute atomic E-state index is 0.204. The quantitative estimate of drug-likeness (QED) is 0.734. The van der Waals surface area contributed by atoms with Gasteiger partial charge in [0.05, 0.1) is 18.8 Å². The van der Waals surface area contributed by atoms with Crippen LogP contribution in [0.15, 0.2) is 58.3 Å². The molecule has 0 aliphatic heterocycles. The molecule has 0 unspecified atom stereocenters. The first-order valence-electron chi connectivity index (χ1n) is 7.39. The zero-order chi connectivity index (χ0) is 16.0. The first-order chi connectivity index (χ1) is 10.5. The molecular weight excluding hydrogens is 294 g/mol. The number of aliphatic hydroxyl groups is 2. The molecule has 0 amide bonds. The summed E-state index contributed by atoms with van der Waals surface area (Å²) in [6.45, 7) is 1.68. The van der Waals surface area contributed by atoms with Crippen LogP contribution in [-0.2, 0) is 6.42 Å². The van der Waals surface area contributed by atoms with Gasteiger partial charge in [-0.2, -0.15) is 0 Å². The Bertz CT molecular complexity index is 577. The standard InChI is InChI=1S/C18H23NO2S/c1-14-2-6-16(7-3-14)22-17-8-4-15(5-9-17)10-11-18(19,12-20)13-21/h2-9,20-21H,10-13,19H2,1H3. The van der Waals surface area contributed by atoms with Gasteiger partial charge in [0.1, 0.15) is 0 Å². The van der Waals surface area contributed by atoms with Gasteiger partial charge in [0.2, 0.25) is 0 Å². The topological polar surface area (TPSA) is 66.5 Å². The van der Waals surface area contributed by atoms with Gasteiger partial charge in [0, 0.05) is 9.79 Å². The highest BCUT2D eigenvalue weighted by molar-refractivity contribution is 7.99. The highest BCUT2D eigenvalue weighted by Gasteiger charge is 2.22. The molecule has 0 saturated heterocycles. The van der Waals surface area contributed by atoms with Crippen LogP contribution in [0.2, 0.25) is 0 Å². The van der Waals surface area contributed by atoms with E-state index in [1.807, 2.05) is 0 Å². The van der Waals surface area contributed by atoms with E-state index in [9.17, 15) is 10.2 Å². The molecule has 0 aliphatic carbocycles. The van der Waals surface area contributed by atoms with Crippen LogP contribution in [0.3, 0.4) is 0 Å². The number of nitrogens with two attached hydrogens (primary N) is 1. The molecule has 0 aromatic heterocycles. The SMILES string of the molecule is Cc1ccc(Sc2ccc(CCC(N)(CO)CO)cc2)cc1. The van der Waals surface area contributed by atoms with E-state index in [4.69, 9.17) is 5.73 Å². The van der Waals surface area contributed by atoms with Gasteiger partial charge in [-0.25, -0.2) is 0 Å². The highest BCUT2D eigenvalue weighted by atomic mass is 32.2. The summed E-state index contributed by atoms with van der Waals surface area (Å²) in [6.07, 6.45) is 1.30. The predicted molar refractivity (Wildman–Crippen MR) is 91.2 cm³/mol. The van der Waals surface area contributed by atoms with Gasteiger partial charge in [-0.15, -0.1) is 0 Å². The van der Waals surface area contributed by atoms with E-state index in [2.05, 4.69) is 55.5 Å². The molecule has 2 aromatic carbocycles. The van der Waals surface area contributed by atoms with Gasteiger partial charge in [-0.3, -0.25) is 0 Å². The maximum Gasteiger partial charge on any atom is 0.0633 e. The normalized spacial score (nSPS) is 11.6. The van der Waals surface area contributed by atoms with Crippen LogP contribution < -0.4 is 5.73 Å². The van der Waals surface area contributed by atoms with Crippen molar-refractivity contribution in [3.8, 4) is 0 Å². The molecule has 0 saturated carbocycles. The molecular formula is C18H23NO2S. The smallest absolute Gasteiger partial charge is 0.0633 e. The fraction of sp³-hybridized carbons (Fsp3) is 0.333. The molecule has 2 rings (SSSR count). The summed E-state index contributed by atoms with van der Waals surface area (Å²) in [5.74, 6) is 0. The summed E-state index contributed by atoms with van der Waals surface area (Å²) in [5.41, 5.74) is 7.41. The number of hydrogen-bond acceptors (Lipinski definition) is 4. The first kappa shape index (κ1) is 17.0. The maximum absolute atomic E-state index is 9.20. The lowest BCUT2D eigenvalue weighted by Gasteiger charge is -2.24. The van der Waals surface area contributed by atoms with Gasteiger partial charge in [0.15, 0.2) is 0 Å². The van der Waals surface area contributed by atoms with Crippen molar-refractivity contribution in [3.05, 3.63) is 59.7 Å². The van der Waals surface area contributed by atoms with Gasteiger partial charge in [-0.05, 0) is 49.6 Å². The third kappa shape index (κ3) is 4.85. The Balaban J connectivity index is 1.94. The first-order valence-corrected chi connectivity index (χ1v) is 8.20. The minimum atomic E-state index is -0.894. The number of benzene rings is 2. The van der Waals surface area contributed by atoms with Crippen molar-refractivity contribution in [2.45, 2.75) is 35.1 Å². The Morgan fingerprint density at radius 1 is 0.909 bits per heavy atom. The average Bonchev–Trinajstić information content (AvgIpc) is 2.56. The predicted octanol–water partition coefficient (Wildman–Crippen LogP) is 2.76. The van der Waals surface area contributed by atoms with Gasteiger partial charge in [0.25, 0.3) is 0 Å². The number of rotatable bonds is 7.